The van der Waals surface area contributed by atoms with E-state index in [1.54, 1.807) is 43.3 Å². The van der Waals surface area contributed by atoms with Crippen molar-refractivity contribution in [2.24, 2.45) is 10.9 Å². The highest BCUT2D eigenvalue weighted by atomic mass is 35.5. The second-order valence-electron chi connectivity index (χ2n) is 5.91. The van der Waals surface area contributed by atoms with Gasteiger partial charge in [-0.3, -0.25) is 4.79 Å². The molecule has 0 saturated heterocycles. The first kappa shape index (κ1) is 20.0. The molecule has 9 heteroatoms. The molecule has 0 fully saturated rings. The SMILES string of the molecule is CC1=NC(=O)NC(c2ccc(Cl)cc2Cl)C1C(=O)Nc1cccc(Cl)c1Cl. The smallest absolute Gasteiger partial charge is 0.328 e. The number of nitrogens with one attached hydrogen (secondary N) is 2. The first-order chi connectivity index (χ1) is 12.8. The van der Waals surface area contributed by atoms with E-state index in [1.807, 2.05) is 0 Å². The quantitative estimate of drug-likeness (QED) is 0.629. The van der Waals surface area contributed by atoms with Gasteiger partial charge in [0.1, 0.15) is 5.92 Å². The Morgan fingerprint density at radius 1 is 1.11 bits per heavy atom. The summed E-state index contributed by atoms with van der Waals surface area (Å²) in [5.41, 5.74) is 1.27. The molecule has 1 aliphatic rings. The molecule has 0 aromatic heterocycles. The molecule has 2 aromatic carbocycles. The Morgan fingerprint density at radius 2 is 1.85 bits per heavy atom. The molecule has 1 heterocycles. The third-order valence-electron chi connectivity index (χ3n) is 4.13. The lowest BCUT2D eigenvalue weighted by molar-refractivity contribution is -0.118. The van der Waals surface area contributed by atoms with Crippen molar-refractivity contribution in [3.05, 3.63) is 62.1 Å². The van der Waals surface area contributed by atoms with Gasteiger partial charge in [-0.05, 0) is 36.8 Å². The molecule has 2 N–H and O–H groups in total. The topological polar surface area (TPSA) is 70.6 Å². The van der Waals surface area contributed by atoms with Gasteiger partial charge in [-0.15, -0.1) is 0 Å². The molecule has 2 atom stereocenters. The van der Waals surface area contributed by atoms with E-state index in [0.717, 1.165) is 0 Å². The van der Waals surface area contributed by atoms with Crippen LogP contribution in [0.3, 0.4) is 0 Å². The molecule has 0 radical (unpaired) electrons. The van der Waals surface area contributed by atoms with Crippen molar-refractivity contribution < 1.29 is 9.59 Å². The van der Waals surface area contributed by atoms with E-state index in [-0.39, 0.29) is 5.02 Å². The van der Waals surface area contributed by atoms with Crippen LogP contribution in [-0.4, -0.2) is 17.6 Å². The number of anilines is 1. The molecule has 3 amide bonds. The van der Waals surface area contributed by atoms with Crippen molar-refractivity contribution in [2.45, 2.75) is 13.0 Å². The summed E-state index contributed by atoms with van der Waals surface area (Å²) >= 11 is 24.4. The summed E-state index contributed by atoms with van der Waals surface area (Å²) < 4.78 is 0. The van der Waals surface area contributed by atoms with Gasteiger partial charge in [-0.1, -0.05) is 58.5 Å². The van der Waals surface area contributed by atoms with Crippen LogP contribution in [0.25, 0.3) is 0 Å². The predicted molar refractivity (Wildman–Crippen MR) is 109 cm³/mol. The van der Waals surface area contributed by atoms with Crippen molar-refractivity contribution in [3.8, 4) is 0 Å². The molecular formula is C18H13Cl4N3O2. The fourth-order valence-corrected chi connectivity index (χ4v) is 3.76. The lowest BCUT2D eigenvalue weighted by atomic mass is 9.87. The van der Waals surface area contributed by atoms with Crippen LogP contribution in [0.4, 0.5) is 10.5 Å². The maximum absolute atomic E-state index is 13.0. The fraction of sp³-hybridized carbons (Fsp3) is 0.167. The van der Waals surface area contributed by atoms with Crippen LogP contribution in [-0.2, 0) is 4.79 Å². The van der Waals surface area contributed by atoms with E-state index in [9.17, 15) is 9.59 Å². The molecule has 2 aromatic rings. The van der Waals surface area contributed by atoms with E-state index in [1.165, 1.54) is 0 Å². The zero-order valence-electron chi connectivity index (χ0n) is 13.9. The van der Waals surface area contributed by atoms with Crippen molar-refractivity contribution in [1.82, 2.24) is 5.32 Å². The zero-order chi connectivity index (χ0) is 19.7. The first-order valence-electron chi connectivity index (χ1n) is 7.83. The lowest BCUT2D eigenvalue weighted by Crippen LogP contribution is -2.45. The summed E-state index contributed by atoms with van der Waals surface area (Å²) in [6.45, 7) is 1.61. The van der Waals surface area contributed by atoms with Crippen molar-refractivity contribution in [3.63, 3.8) is 0 Å². The molecule has 0 saturated carbocycles. The summed E-state index contributed by atoms with van der Waals surface area (Å²) in [5.74, 6) is -1.20. The van der Waals surface area contributed by atoms with E-state index < -0.39 is 23.9 Å². The molecule has 27 heavy (non-hydrogen) atoms. The normalized spacial score (nSPS) is 19.3. The lowest BCUT2D eigenvalue weighted by Gasteiger charge is -2.31. The van der Waals surface area contributed by atoms with Gasteiger partial charge in [0.15, 0.2) is 0 Å². The van der Waals surface area contributed by atoms with Crippen LogP contribution >= 0.6 is 46.4 Å². The minimum absolute atomic E-state index is 0.225. The standard InChI is InChI=1S/C18H13Cl4N3O2/c1-8-14(17(26)24-13-4-2-3-11(20)15(13)22)16(25-18(27)23-8)10-6-5-9(19)7-12(10)21/h2-7,14,16H,1H3,(H,24,26)(H,25,27). The number of amides is 3. The molecular weight excluding hydrogens is 432 g/mol. The minimum atomic E-state index is -0.795. The van der Waals surface area contributed by atoms with Crippen molar-refractivity contribution in [1.29, 1.82) is 0 Å². The third kappa shape index (κ3) is 4.22. The molecule has 3 rings (SSSR count). The van der Waals surface area contributed by atoms with Crippen LogP contribution in [0.15, 0.2) is 41.4 Å². The van der Waals surface area contributed by atoms with Crippen molar-refractivity contribution >= 4 is 69.7 Å². The van der Waals surface area contributed by atoms with Gasteiger partial charge < -0.3 is 10.6 Å². The average molecular weight is 445 g/mol. The van der Waals surface area contributed by atoms with Gasteiger partial charge in [-0.25, -0.2) is 9.79 Å². The molecule has 5 nitrogen and oxygen atoms in total. The molecule has 2 unspecified atom stereocenters. The summed E-state index contributed by atoms with van der Waals surface area (Å²) in [5, 5.41) is 6.75. The molecule has 0 aliphatic carbocycles. The van der Waals surface area contributed by atoms with Crippen LogP contribution in [0, 0.1) is 5.92 Å². The maximum Gasteiger partial charge on any atom is 0.341 e. The number of urea groups is 1. The van der Waals surface area contributed by atoms with Crippen LogP contribution < -0.4 is 10.6 Å². The van der Waals surface area contributed by atoms with E-state index in [2.05, 4.69) is 15.6 Å². The van der Waals surface area contributed by atoms with Gasteiger partial charge in [0.25, 0.3) is 0 Å². The monoisotopic (exact) mass is 443 g/mol. The number of carbonyl (C=O) groups excluding carboxylic acids is 2. The van der Waals surface area contributed by atoms with Crippen LogP contribution in [0.1, 0.15) is 18.5 Å². The van der Waals surface area contributed by atoms with Crippen molar-refractivity contribution in [2.75, 3.05) is 5.32 Å². The fourth-order valence-electron chi connectivity index (χ4n) is 2.88. The first-order valence-corrected chi connectivity index (χ1v) is 9.34. The molecule has 140 valence electrons. The number of halogens is 4. The highest BCUT2D eigenvalue weighted by Gasteiger charge is 2.38. The molecule has 0 spiro atoms. The Hall–Kier alpha value is -1.79. The Bertz CT molecular complexity index is 962. The summed E-state index contributed by atoms with van der Waals surface area (Å²) in [6, 6.07) is 8.51. The van der Waals surface area contributed by atoms with Gasteiger partial charge >= 0.3 is 6.03 Å². The molecule has 0 bridgehead atoms. The average Bonchev–Trinajstić information content (AvgIpc) is 2.58. The number of rotatable bonds is 3. The largest absolute Gasteiger partial charge is 0.341 e. The minimum Gasteiger partial charge on any atom is -0.328 e. The number of hydrogen-bond acceptors (Lipinski definition) is 2. The number of carbonyl (C=O) groups is 2. The van der Waals surface area contributed by atoms with E-state index in [0.29, 0.717) is 32.0 Å². The highest BCUT2D eigenvalue weighted by molar-refractivity contribution is 6.44. The summed E-state index contributed by atoms with van der Waals surface area (Å²) in [4.78, 5) is 28.8. The predicted octanol–water partition coefficient (Wildman–Crippen LogP) is 5.78. The highest BCUT2D eigenvalue weighted by Crippen LogP contribution is 2.35. The van der Waals surface area contributed by atoms with Gasteiger partial charge in [-0.2, -0.15) is 0 Å². The summed E-state index contributed by atoms with van der Waals surface area (Å²) in [6.07, 6.45) is 0. The van der Waals surface area contributed by atoms with Gasteiger partial charge in [0.05, 0.1) is 21.8 Å². The second kappa shape index (κ2) is 8.07. The Kier molecular flexibility index (Phi) is 5.96. The third-order valence-corrected chi connectivity index (χ3v) is 5.51. The second-order valence-corrected chi connectivity index (χ2v) is 7.54. The van der Waals surface area contributed by atoms with Gasteiger partial charge in [0.2, 0.25) is 5.91 Å². The maximum atomic E-state index is 13.0. The van der Waals surface area contributed by atoms with Gasteiger partial charge in [0, 0.05) is 15.8 Å². The number of nitrogens with zero attached hydrogens (tertiary/aromatic N) is 1. The number of benzene rings is 2. The van der Waals surface area contributed by atoms with E-state index >= 15 is 0 Å². The number of aliphatic imine (C=N–C) groups is 1. The Balaban J connectivity index is 1.98. The van der Waals surface area contributed by atoms with E-state index in [4.69, 9.17) is 46.4 Å². The van der Waals surface area contributed by atoms with Crippen LogP contribution in [0.2, 0.25) is 20.1 Å². The zero-order valence-corrected chi connectivity index (χ0v) is 16.9. The summed E-state index contributed by atoms with van der Waals surface area (Å²) in [7, 11) is 0. The van der Waals surface area contributed by atoms with Crippen LogP contribution in [0.5, 0.6) is 0 Å². The Labute approximate surface area is 175 Å². The molecule has 1 aliphatic heterocycles. The Morgan fingerprint density at radius 3 is 2.56 bits per heavy atom. The number of hydrogen-bond donors (Lipinski definition) is 2.